The van der Waals surface area contributed by atoms with E-state index in [9.17, 15) is 5.11 Å². The molecular weight excluding hydrogens is 286 g/mol. The van der Waals surface area contributed by atoms with Crippen molar-refractivity contribution in [2.75, 3.05) is 29.9 Å². The molecular formula is C14H25N5OS. The molecule has 0 radical (unpaired) electrons. The molecule has 0 aliphatic carbocycles. The van der Waals surface area contributed by atoms with Gasteiger partial charge in [0.2, 0.25) is 11.9 Å². The van der Waals surface area contributed by atoms with Crippen LogP contribution in [-0.2, 0) is 0 Å². The fourth-order valence-electron chi connectivity index (χ4n) is 2.04. The van der Waals surface area contributed by atoms with Gasteiger partial charge in [0, 0.05) is 24.9 Å². The van der Waals surface area contributed by atoms with Crippen LogP contribution in [0, 0.1) is 0 Å². The largest absolute Gasteiger partial charge is 0.392 e. The summed E-state index contributed by atoms with van der Waals surface area (Å²) in [4.78, 5) is 15.7. The highest BCUT2D eigenvalue weighted by molar-refractivity contribution is 7.99. The van der Waals surface area contributed by atoms with E-state index in [1.165, 1.54) is 24.6 Å². The summed E-state index contributed by atoms with van der Waals surface area (Å²) >= 11 is 1.49. The zero-order valence-electron chi connectivity index (χ0n) is 13.0. The third-order valence-corrected chi connectivity index (χ3v) is 4.65. The van der Waals surface area contributed by atoms with E-state index >= 15 is 0 Å². The number of hydrogen-bond donors (Lipinski definition) is 2. The van der Waals surface area contributed by atoms with Crippen molar-refractivity contribution >= 4 is 23.7 Å². The fraction of sp³-hybridized carbons (Fsp3) is 0.786. The third kappa shape index (κ3) is 4.71. The molecule has 21 heavy (non-hydrogen) atoms. The highest BCUT2D eigenvalue weighted by atomic mass is 32.2. The molecule has 1 aromatic heterocycles. The number of nitrogens with zero attached hydrogens (tertiary/aromatic N) is 4. The van der Waals surface area contributed by atoms with Crippen LogP contribution in [0.15, 0.2) is 5.16 Å². The smallest absolute Gasteiger partial charge is 0.231 e. The highest BCUT2D eigenvalue weighted by Crippen LogP contribution is 2.25. The summed E-state index contributed by atoms with van der Waals surface area (Å²) in [6.45, 7) is 8.74. The number of nitrogens with one attached hydrogen (secondary N) is 1. The van der Waals surface area contributed by atoms with E-state index in [1.54, 1.807) is 6.92 Å². The summed E-state index contributed by atoms with van der Waals surface area (Å²) in [6, 6.07) is 0. The topological polar surface area (TPSA) is 74.2 Å². The van der Waals surface area contributed by atoms with Crippen molar-refractivity contribution < 1.29 is 5.11 Å². The van der Waals surface area contributed by atoms with Gasteiger partial charge < -0.3 is 15.3 Å². The number of aliphatic hydroxyl groups is 1. The van der Waals surface area contributed by atoms with Crippen LogP contribution in [0.1, 0.15) is 40.0 Å². The molecule has 2 N–H and O–H groups in total. The number of aliphatic hydroxyl groups excluding tert-OH is 1. The first-order valence-corrected chi connectivity index (χ1v) is 8.57. The van der Waals surface area contributed by atoms with Crippen molar-refractivity contribution in [2.24, 2.45) is 0 Å². The molecule has 2 atom stereocenters. The first kappa shape index (κ1) is 16.3. The van der Waals surface area contributed by atoms with Gasteiger partial charge in [-0.05, 0) is 26.2 Å². The molecule has 0 saturated carbocycles. The van der Waals surface area contributed by atoms with Crippen molar-refractivity contribution in [1.29, 1.82) is 0 Å². The Kier molecular flexibility index (Phi) is 6.05. The standard InChI is InChI=1S/C14H25N5OS/c1-4-7-15-12-16-13(19-8-5-6-9-19)18-14(17-12)21-11(3)10(2)20/h10-11,20H,4-9H2,1-3H3,(H,15,16,17,18). The van der Waals surface area contributed by atoms with Crippen molar-refractivity contribution in [2.45, 2.75) is 56.5 Å². The van der Waals surface area contributed by atoms with Gasteiger partial charge in [-0.3, -0.25) is 0 Å². The maximum Gasteiger partial charge on any atom is 0.231 e. The lowest BCUT2D eigenvalue weighted by Crippen LogP contribution is -2.22. The molecule has 0 aromatic carbocycles. The minimum atomic E-state index is -0.394. The van der Waals surface area contributed by atoms with Crippen LogP contribution in [0.5, 0.6) is 0 Å². The van der Waals surface area contributed by atoms with Crippen molar-refractivity contribution in [1.82, 2.24) is 15.0 Å². The lowest BCUT2D eigenvalue weighted by atomic mass is 10.3. The van der Waals surface area contributed by atoms with Gasteiger partial charge in [-0.15, -0.1) is 0 Å². The predicted molar refractivity (Wildman–Crippen MR) is 87.1 cm³/mol. The van der Waals surface area contributed by atoms with Gasteiger partial charge in [0.1, 0.15) is 0 Å². The molecule has 1 saturated heterocycles. The van der Waals surface area contributed by atoms with E-state index in [4.69, 9.17) is 0 Å². The number of hydrogen-bond acceptors (Lipinski definition) is 7. The molecule has 7 heteroatoms. The number of rotatable bonds is 7. The molecule has 1 aliphatic rings. The maximum absolute atomic E-state index is 9.66. The summed E-state index contributed by atoms with van der Waals surface area (Å²) in [5, 5.41) is 13.6. The Morgan fingerprint density at radius 2 is 1.95 bits per heavy atom. The third-order valence-electron chi connectivity index (χ3n) is 3.50. The minimum Gasteiger partial charge on any atom is -0.392 e. The Morgan fingerprint density at radius 3 is 2.57 bits per heavy atom. The van der Waals surface area contributed by atoms with E-state index in [0.717, 1.165) is 32.0 Å². The van der Waals surface area contributed by atoms with E-state index in [-0.39, 0.29) is 5.25 Å². The SMILES string of the molecule is CCCNc1nc(SC(C)C(C)O)nc(N2CCCC2)n1. The lowest BCUT2D eigenvalue weighted by molar-refractivity contribution is 0.196. The fourth-order valence-corrected chi connectivity index (χ4v) is 2.84. The van der Waals surface area contributed by atoms with Crippen LogP contribution in [0.2, 0.25) is 0 Å². The molecule has 0 spiro atoms. The van der Waals surface area contributed by atoms with Crippen LogP contribution >= 0.6 is 11.8 Å². The second kappa shape index (κ2) is 7.79. The first-order valence-electron chi connectivity index (χ1n) is 7.69. The van der Waals surface area contributed by atoms with E-state index in [1.807, 2.05) is 6.92 Å². The molecule has 6 nitrogen and oxygen atoms in total. The second-order valence-corrected chi connectivity index (χ2v) is 6.77. The van der Waals surface area contributed by atoms with Crippen molar-refractivity contribution in [3.05, 3.63) is 0 Å². The molecule has 2 heterocycles. The van der Waals surface area contributed by atoms with Gasteiger partial charge in [0.25, 0.3) is 0 Å². The quantitative estimate of drug-likeness (QED) is 0.747. The molecule has 2 unspecified atom stereocenters. The molecule has 2 rings (SSSR count). The number of thioether (sulfide) groups is 1. The Bertz CT molecular complexity index is 451. The summed E-state index contributed by atoms with van der Waals surface area (Å²) in [6.07, 6.45) is 3.01. The Hall–Kier alpha value is -1.08. The zero-order chi connectivity index (χ0) is 15.2. The Morgan fingerprint density at radius 1 is 1.24 bits per heavy atom. The minimum absolute atomic E-state index is 0.0536. The van der Waals surface area contributed by atoms with Crippen LogP contribution in [-0.4, -0.2) is 51.0 Å². The molecule has 1 aromatic rings. The van der Waals surface area contributed by atoms with Crippen molar-refractivity contribution in [3.63, 3.8) is 0 Å². The van der Waals surface area contributed by atoms with Gasteiger partial charge >= 0.3 is 0 Å². The monoisotopic (exact) mass is 311 g/mol. The van der Waals surface area contributed by atoms with E-state index < -0.39 is 6.10 Å². The maximum atomic E-state index is 9.66. The number of anilines is 2. The average Bonchev–Trinajstić information content (AvgIpc) is 2.99. The summed E-state index contributed by atoms with van der Waals surface area (Å²) in [5.41, 5.74) is 0. The van der Waals surface area contributed by atoms with Gasteiger partial charge in [0.05, 0.1) is 6.10 Å². The van der Waals surface area contributed by atoms with Crippen LogP contribution in [0.3, 0.4) is 0 Å². The first-order chi connectivity index (χ1) is 10.1. The van der Waals surface area contributed by atoms with Crippen molar-refractivity contribution in [3.8, 4) is 0 Å². The summed E-state index contributed by atoms with van der Waals surface area (Å²) in [7, 11) is 0. The van der Waals surface area contributed by atoms with E-state index in [0.29, 0.717) is 11.1 Å². The predicted octanol–water partition coefficient (Wildman–Crippen LogP) is 2.16. The van der Waals surface area contributed by atoms with Gasteiger partial charge in [0.15, 0.2) is 5.16 Å². The Labute approximate surface area is 130 Å². The second-order valence-electron chi connectivity index (χ2n) is 5.43. The molecule has 0 bridgehead atoms. The van der Waals surface area contributed by atoms with Gasteiger partial charge in [-0.2, -0.15) is 15.0 Å². The lowest BCUT2D eigenvalue weighted by Gasteiger charge is -2.18. The molecule has 1 aliphatic heterocycles. The van der Waals surface area contributed by atoms with Crippen LogP contribution in [0.25, 0.3) is 0 Å². The van der Waals surface area contributed by atoms with Crippen LogP contribution in [0.4, 0.5) is 11.9 Å². The summed E-state index contributed by atoms with van der Waals surface area (Å²) < 4.78 is 0. The average molecular weight is 311 g/mol. The summed E-state index contributed by atoms with van der Waals surface area (Å²) in [5.74, 6) is 1.38. The molecule has 118 valence electrons. The Balaban J connectivity index is 2.18. The van der Waals surface area contributed by atoms with Gasteiger partial charge in [-0.1, -0.05) is 25.6 Å². The molecule has 1 fully saturated rings. The zero-order valence-corrected chi connectivity index (χ0v) is 13.9. The normalized spacial score (nSPS) is 17.8. The van der Waals surface area contributed by atoms with E-state index in [2.05, 4.69) is 32.1 Å². The molecule has 0 amide bonds. The highest BCUT2D eigenvalue weighted by Gasteiger charge is 2.19. The van der Waals surface area contributed by atoms with Gasteiger partial charge in [-0.25, -0.2) is 0 Å². The van der Waals surface area contributed by atoms with Crippen LogP contribution < -0.4 is 10.2 Å². The number of aromatic nitrogens is 3.